The summed E-state index contributed by atoms with van der Waals surface area (Å²) in [6, 6.07) is -1.63. The molecular weight excluding hydrogens is 554 g/mol. The summed E-state index contributed by atoms with van der Waals surface area (Å²) in [7, 11) is 0. The lowest BCUT2D eigenvalue weighted by molar-refractivity contribution is -0.139. The van der Waals surface area contributed by atoms with Crippen LogP contribution in [0.15, 0.2) is 36.8 Å². The van der Waals surface area contributed by atoms with Gasteiger partial charge >= 0.3 is 0 Å². The van der Waals surface area contributed by atoms with Gasteiger partial charge in [0, 0.05) is 43.9 Å². The number of hydrogen-bond acceptors (Lipinski definition) is 6. The van der Waals surface area contributed by atoms with Crippen molar-refractivity contribution >= 4 is 17.7 Å². The van der Waals surface area contributed by atoms with Crippen LogP contribution in [0.3, 0.4) is 0 Å². The standard InChI is InChI=1S/C34H59N7O3/c1-2-3-4-5-6-7-8-9-10-11-12-13-14-15-16-20-32(42)40-29-24-31(33(43)38-23-21-28-25-37-27-39-28)41(26-29)34(44)30(36)19-17-18-22-35/h6-7,9-10,25,27,29-31H,2-5,8,11-24,26,35-36H2,1H3,(H,37,39)(H,38,43)(H,40,42)/b7-6-,10-9-/t29-,30+,31-/m0/s1. The van der Waals surface area contributed by atoms with Crippen LogP contribution in [0.5, 0.6) is 0 Å². The van der Waals surface area contributed by atoms with Crippen molar-refractivity contribution in [1.82, 2.24) is 25.5 Å². The molecule has 1 aliphatic heterocycles. The average molecular weight is 614 g/mol. The summed E-state index contributed by atoms with van der Waals surface area (Å²) in [4.78, 5) is 47.6. The second-order valence-electron chi connectivity index (χ2n) is 12.0. The molecule has 248 valence electrons. The first-order valence-corrected chi connectivity index (χ1v) is 17.1. The number of amides is 3. The van der Waals surface area contributed by atoms with Crippen LogP contribution in [0.2, 0.25) is 0 Å². The predicted molar refractivity (Wildman–Crippen MR) is 178 cm³/mol. The van der Waals surface area contributed by atoms with Gasteiger partial charge in [0.25, 0.3) is 0 Å². The molecule has 2 heterocycles. The van der Waals surface area contributed by atoms with Crippen molar-refractivity contribution in [2.75, 3.05) is 19.6 Å². The molecule has 0 aromatic carbocycles. The number of aromatic nitrogens is 2. The maximum absolute atomic E-state index is 13.2. The molecule has 3 amide bonds. The van der Waals surface area contributed by atoms with E-state index in [9.17, 15) is 14.4 Å². The van der Waals surface area contributed by atoms with E-state index < -0.39 is 12.1 Å². The largest absolute Gasteiger partial charge is 0.354 e. The van der Waals surface area contributed by atoms with Crippen molar-refractivity contribution in [2.24, 2.45) is 11.5 Å². The zero-order chi connectivity index (χ0) is 31.8. The highest BCUT2D eigenvalue weighted by Gasteiger charge is 2.41. The lowest BCUT2D eigenvalue weighted by atomic mass is 10.1. The third-order valence-corrected chi connectivity index (χ3v) is 8.14. The van der Waals surface area contributed by atoms with Gasteiger partial charge < -0.3 is 32.0 Å². The van der Waals surface area contributed by atoms with Gasteiger partial charge in [-0.2, -0.15) is 0 Å². The number of aromatic amines is 1. The number of nitrogens with one attached hydrogen (secondary N) is 3. The number of carbonyl (C=O) groups is 3. The molecule has 44 heavy (non-hydrogen) atoms. The lowest BCUT2D eigenvalue weighted by Gasteiger charge is -2.26. The fourth-order valence-corrected chi connectivity index (χ4v) is 5.53. The van der Waals surface area contributed by atoms with Crippen LogP contribution in [0.25, 0.3) is 0 Å². The number of nitrogens with zero attached hydrogens (tertiary/aromatic N) is 2. The van der Waals surface area contributed by atoms with Crippen molar-refractivity contribution in [2.45, 2.75) is 134 Å². The van der Waals surface area contributed by atoms with Crippen LogP contribution in [-0.2, 0) is 20.8 Å². The number of unbranched alkanes of at least 4 members (excludes halogenated alkanes) is 9. The Morgan fingerprint density at radius 3 is 2.45 bits per heavy atom. The summed E-state index contributed by atoms with van der Waals surface area (Å²) in [6.07, 6.45) is 28.4. The number of imidazole rings is 1. The molecule has 10 nitrogen and oxygen atoms in total. The van der Waals surface area contributed by atoms with E-state index in [1.165, 1.54) is 38.5 Å². The first kappa shape index (κ1) is 37.2. The van der Waals surface area contributed by atoms with Crippen LogP contribution >= 0.6 is 0 Å². The van der Waals surface area contributed by atoms with Gasteiger partial charge in [-0.25, -0.2) is 4.98 Å². The number of nitrogens with two attached hydrogens (primary N) is 2. The molecule has 1 saturated heterocycles. The Morgan fingerprint density at radius 2 is 1.75 bits per heavy atom. The summed E-state index contributed by atoms with van der Waals surface area (Å²) in [5, 5.41) is 6.01. The highest BCUT2D eigenvalue weighted by atomic mass is 16.2. The smallest absolute Gasteiger partial charge is 0.242 e. The van der Waals surface area contributed by atoms with Crippen LogP contribution in [0.1, 0.15) is 115 Å². The van der Waals surface area contributed by atoms with E-state index >= 15 is 0 Å². The van der Waals surface area contributed by atoms with Crippen molar-refractivity contribution in [3.05, 3.63) is 42.5 Å². The van der Waals surface area contributed by atoms with E-state index in [1.54, 1.807) is 17.4 Å². The van der Waals surface area contributed by atoms with Crippen molar-refractivity contribution in [1.29, 1.82) is 0 Å². The summed E-state index contributed by atoms with van der Waals surface area (Å²) >= 11 is 0. The first-order valence-electron chi connectivity index (χ1n) is 17.1. The van der Waals surface area contributed by atoms with E-state index in [0.717, 1.165) is 50.6 Å². The van der Waals surface area contributed by atoms with Crippen LogP contribution < -0.4 is 22.1 Å². The highest BCUT2D eigenvalue weighted by molar-refractivity contribution is 5.90. The van der Waals surface area contributed by atoms with Gasteiger partial charge in [-0.05, 0) is 64.3 Å². The van der Waals surface area contributed by atoms with Gasteiger partial charge in [-0.1, -0.05) is 69.8 Å². The Balaban J connectivity index is 1.69. The van der Waals surface area contributed by atoms with Gasteiger partial charge in [-0.3, -0.25) is 14.4 Å². The molecule has 0 radical (unpaired) electrons. The van der Waals surface area contributed by atoms with Gasteiger partial charge in [0.15, 0.2) is 0 Å². The van der Waals surface area contributed by atoms with E-state index in [4.69, 9.17) is 11.5 Å². The minimum absolute atomic E-state index is 0.0272. The molecule has 0 saturated carbocycles. The lowest BCUT2D eigenvalue weighted by Crippen LogP contribution is -2.51. The van der Waals surface area contributed by atoms with Crippen LogP contribution in [0, 0.1) is 0 Å². The molecule has 1 aliphatic rings. The van der Waals surface area contributed by atoms with Crippen molar-refractivity contribution in [3.8, 4) is 0 Å². The summed E-state index contributed by atoms with van der Waals surface area (Å²) in [5.41, 5.74) is 12.7. The predicted octanol–water partition coefficient (Wildman–Crippen LogP) is 4.42. The topological polar surface area (TPSA) is 159 Å². The maximum atomic E-state index is 13.2. The number of carbonyl (C=O) groups excluding carboxylic acids is 3. The molecular formula is C34H59N7O3. The van der Waals surface area contributed by atoms with Gasteiger partial charge in [0.05, 0.1) is 12.4 Å². The minimum atomic E-state index is -0.691. The van der Waals surface area contributed by atoms with E-state index in [0.29, 0.717) is 38.8 Å². The van der Waals surface area contributed by atoms with Gasteiger partial charge in [0.2, 0.25) is 17.7 Å². The molecule has 7 N–H and O–H groups in total. The van der Waals surface area contributed by atoms with Crippen molar-refractivity contribution in [3.63, 3.8) is 0 Å². The molecule has 1 aromatic heterocycles. The Labute approximate surface area is 265 Å². The maximum Gasteiger partial charge on any atom is 0.242 e. The molecule has 10 heteroatoms. The first-order chi connectivity index (χ1) is 21.5. The fraction of sp³-hybridized carbons (Fsp3) is 0.706. The van der Waals surface area contributed by atoms with Gasteiger partial charge in [-0.15, -0.1) is 0 Å². The summed E-state index contributed by atoms with van der Waals surface area (Å²) in [6.45, 7) is 3.49. The monoisotopic (exact) mass is 613 g/mol. The zero-order valence-corrected chi connectivity index (χ0v) is 27.1. The third kappa shape index (κ3) is 15.7. The molecule has 0 aliphatic carbocycles. The SMILES string of the molecule is CCCCC/C=C\C/C=C\CCCCCCCC(=O)N[C@H]1C[C@@H](C(=O)NCCc2cnc[nH]2)N(C(=O)[C@H](N)CCCCN)C1. The van der Waals surface area contributed by atoms with E-state index in [2.05, 4.69) is 51.8 Å². The van der Waals surface area contributed by atoms with Gasteiger partial charge in [0.1, 0.15) is 6.04 Å². The fourth-order valence-electron chi connectivity index (χ4n) is 5.53. The summed E-state index contributed by atoms with van der Waals surface area (Å²) < 4.78 is 0. The molecule has 1 aromatic rings. The Morgan fingerprint density at radius 1 is 1.02 bits per heavy atom. The molecule has 0 unspecified atom stereocenters. The molecule has 0 bridgehead atoms. The second-order valence-corrected chi connectivity index (χ2v) is 12.0. The normalized spacial score (nSPS) is 17.5. The number of rotatable bonds is 24. The number of H-pyrrole nitrogens is 1. The molecule has 2 rings (SSSR count). The second kappa shape index (κ2) is 23.4. The Bertz CT molecular complexity index is 980. The number of allylic oxidation sites excluding steroid dienone is 4. The van der Waals surface area contributed by atoms with Crippen molar-refractivity contribution < 1.29 is 14.4 Å². The quantitative estimate of drug-likeness (QED) is 0.0857. The number of hydrogen-bond donors (Lipinski definition) is 5. The van der Waals surface area contributed by atoms with E-state index in [-0.39, 0.29) is 30.3 Å². The highest BCUT2D eigenvalue weighted by Crippen LogP contribution is 2.21. The van der Waals surface area contributed by atoms with E-state index in [1.807, 2.05) is 0 Å². The molecule has 1 fully saturated rings. The van der Waals surface area contributed by atoms with Crippen LogP contribution in [0.4, 0.5) is 0 Å². The number of likely N-dealkylation sites (tertiary alicyclic amines) is 1. The summed E-state index contributed by atoms with van der Waals surface area (Å²) in [5.74, 6) is -0.501. The average Bonchev–Trinajstić information content (AvgIpc) is 3.69. The zero-order valence-electron chi connectivity index (χ0n) is 27.1. The Hall–Kier alpha value is -2.98. The minimum Gasteiger partial charge on any atom is -0.354 e. The molecule has 3 atom stereocenters. The van der Waals surface area contributed by atoms with Crippen LogP contribution in [-0.4, -0.2) is 70.3 Å². The molecule has 0 spiro atoms. The third-order valence-electron chi connectivity index (χ3n) is 8.14. The Kier molecular flexibility index (Phi) is 19.8.